The summed E-state index contributed by atoms with van der Waals surface area (Å²) in [6.07, 6.45) is 3.21. The average Bonchev–Trinajstić information content (AvgIpc) is 2.61. The van der Waals surface area contributed by atoms with Gasteiger partial charge in [0.2, 0.25) is 0 Å². The van der Waals surface area contributed by atoms with E-state index in [1.807, 2.05) is 0 Å². The zero-order valence-corrected chi connectivity index (χ0v) is 13.3. The van der Waals surface area contributed by atoms with Gasteiger partial charge in [-0.05, 0) is 29.3 Å². The maximum atomic E-state index is 12.9. The van der Waals surface area contributed by atoms with E-state index in [1.165, 1.54) is 0 Å². The summed E-state index contributed by atoms with van der Waals surface area (Å²) in [5, 5.41) is 9.86. The number of carboxylic acids is 1. The van der Waals surface area contributed by atoms with Crippen molar-refractivity contribution in [3.05, 3.63) is 65.5 Å². The first-order valence-corrected chi connectivity index (χ1v) is 7.66. The maximum absolute atomic E-state index is 12.9. The lowest BCUT2D eigenvalue weighted by Crippen LogP contribution is -2.46. The van der Waals surface area contributed by atoms with Gasteiger partial charge in [-0.2, -0.15) is 0 Å². The lowest BCUT2D eigenvalue weighted by molar-refractivity contribution is -0.140. The second-order valence-electron chi connectivity index (χ2n) is 5.62. The van der Waals surface area contributed by atoms with Crippen LogP contribution in [0.15, 0.2) is 48.8 Å². The third-order valence-corrected chi connectivity index (χ3v) is 4.29. The predicted molar refractivity (Wildman–Crippen MR) is 86.7 cm³/mol. The molecule has 1 aromatic heterocycles. The first kappa shape index (κ1) is 16.1. The van der Waals surface area contributed by atoms with E-state index in [-0.39, 0.29) is 5.91 Å². The molecule has 6 nitrogen and oxygen atoms in total. The Morgan fingerprint density at radius 2 is 1.96 bits per heavy atom. The number of aromatic nitrogens is 1. The Morgan fingerprint density at radius 1 is 1.25 bits per heavy atom. The van der Waals surface area contributed by atoms with Gasteiger partial charge in [0.25, 0.3) is 5.91 Å². The molecule has 124 valence electrons. The Kier molecular flexibility index (Phi) is 4.57. The Bertz CT molecular complexity index is 748. The van der Waals surface area contributed by atoms with Crippen molar-refractivity contribution in [3.63, 3.8) is 0 Å². The quantitative estimate of drug-likeness (QED) is 0.910. The van der Waals surface area contributed by atoms with Crippen molar-refractivity contribution in [3.8, 4) is 0 Å². The fourth-order valence-corrected chi connectivity index (χ4v) is 3.23. The molecule has 0 aliphatic carbocycles. The van der Waals surface area contributed by atoms with Crippen LogP contribution < -0.4 is 0 Å². The molecule has 1 aromatic carbocycles. The van der Waals surface area contributed by atoms with Crippen LogP contribution in [-0.2, 0) is 9.53 Å². The van der Waals surface area contributed by atoms with E-state index < -0.39 is 17.9 Å². The Labute approximate surface area is 139 Å². The molecule has 0 fully saturated rings. The van der Waals surface area contributed by atoms with Crippen LogP contribution in [0.1, 0.15) is 33.4 Å². The minimum absolute atomic E-state index is 0.179. The van der Waals surface area contributed by atoms with Gasteiger partial charge in [-0.1, -0.05) is 18.2 Å². The smallest absolute Gasteiger partial charge is 0.313 e. The molecular formula is C18H18N2O4. The van der Waals surface area contributed by atoms with Gasteiger partial charge in [-0.25, -0.2) is 0 Å². The van der Waals surface area contributed by atoms with Crippen molar-refractivity contribution in [1.29, 1.82) is 0 Å². The number of carboxylic acid groups (broad SMARTS) is 1. The van der Waals surface area contributed by atoms with Crippen molar-refractivity contribution >= 4 is 11.9 Å². The zero-order valence-electron chi connectivity index (χ0n) is 13.3. The first-order valence-electron chi connectivity index (χ1n) is 7.66. The van der Waals surface area contributed by atoms with Gasteiger partial charge < -0.3 is 14.7 Å². The van der Waals surface area contributed by atoms with Crippen LogP contribution in [0.4, 0.5) is 0 Å². The fourth-order valence-electron chi connectivity index (χ4n) is 3.23. The highest BCUT2D eigenvalue weighted by Gasteiger charge is 2.43. The monoisotopic (exact) mass is 326 g/mol. The molecule has 24 heavy (non-hydrogen) atoms. The third kappa shape index (κ3) is 2.76. The number of ether oxygens (including phenoxy) is 1. The number of fused-ring (bicyclic) bond motifs is 1. The minimum Gasteiger partial charge on any atom is -0.481 e. The second-order valence-corrected chi connectivity index (χ2v) is 5.62. The largest absolute Gasteiger partial charge is 0.481 e. The van der Waals surface area contributed by atoms with Crippen molar-refractivity contribution in [2.75, 3.05) is 20.3 Å². The summed E-state index contributed by atoms with van der Waals surface area (Å²) in [5.74, 6) is -1.97. The van der Waals surface area contributed by atoms with Crippen LogP contribution in [0.5, 0.6) is 0 Å². The number of hydrogen-bond donors (Lipinski definition) is 1. The Balaban J connectivity index is 2.16. The molecule has 1 N–H and O–H groups in total. The fraction of sp³-hybridized carbons (Fsp3) is 0.278. The molecule has 0 saturated carbocycles. The lowest BCUT2D eigenvalue weighted by Gasteiger charge is -2.40. The van der Waals surface area contributed by atoms with Gasteiger partial charge in [0, 0.05) is 31.6 Å². The van der Waals surface area contributed by atoms with Gasteiger partial charge in [0.15, 0.2) is 0 Å². The Morgan fingerprint density at radius 3 is 2.62 bits per heavy atom. The number of benzene rings is 1. The van der Waals surface area contributed by atoms with Gasteiger partial charge in [-0.3, -0.25) is 14.6 Å². The number of amides is 1. The molecule has 0 bridgehead atoms. The van der Waals surface area contributed by atoms with Gasteiger partial charge in [0.1, 0.15) is 5.92 Å². The number of nitrogens with zero attached hydrogens (tertiary/aromatic N) is 2. The summed E-state index contributed by atoms with van der Waals surface area (Å²) in [6, 6.07) is 9.81. The molecule has 1 amide bonds. The van der Waals surface area contributed by atoms with Gasteiger partial charge >= 0.3 is 5.97 Å². The number of pyridine rings is 1. The first-order chi connectivity index (χ1) is 11.6. The van der Waals surface area contributed by atoms with Crippen molar-refractivity contribution in [2.45, 2.75) is 12.0 Å². The lowest BCUT2D eigenvalue weighted by atomic mass is 9.80. The number of carbonyl (C=O) groups is 2. The number of methoxy groups -OCH3 is 1. The molecule has 2 heterocycles. The van der Waals surface area contributed by atoms with E-state index in [1.54, 1.807) is 60.8 Å². The van der Waals surface area contributed by atoms with Crippen molar-refractivity contribution in [1.82, 2.24) is 9.88 Å². The maximum Gasteiger partial charge on any atom is 0.313 e. The molecule has 3 rings (SSSR count). The summed E-state index contributed by atoms with van der Waals surface area (Å²) in [4.78, 5) is 30.5. The van der Waals surface area contributed by atoms with E-state index in [0.29, 0.717) is 24.3 Å². The third-order valence-electron chi connectivity index (χ3n) is 4.29. The van der Waals surface area contributed by atoms with Crippen LogP contribution >= 0.6 is 0 Å². The van der Waals surface area contributed by atoms with Gasteiger partial charge in [0.05, 0.1) is 12.6 Å². The highest BCUT2D eigenvalue weighted by molar-refractivity contribution is 6.00. The van der Waals surface area contributed by atoms with E-state index in [4.69, 9.17) is 4.74 Å². The van der Waals surface area contributed by atoms with Crippen LogP contribution in [-0.4, -0.2) is 47.1 Å². The Hall–Kier alpha value is -2.73. The zero-order chi connectivity index (χ0) is 17.1. The SMILES string of the molecule is COCCN1C(=O)c2ccccc2C(C(=O)O)C1c1ccncc1. The molecule has 0 radical (unpaired) electrons. The van der Waals surface area contributed by atoms with E-state index >= 15 is 0 Å². The number of rotatable bonds is 5. The molecule has 0 saturated heterocycles. The molecule has 1 aliphatic heterocycles. The van der Waals surface area contributed by atoms with Crippen LogP contribution in [0.3, 0.4) is 0 Å². The molecule has 0 spiro atoms. The summed E-state index contributed by atoms with van der Waals surface area (Å²) in [7, 11) is 1.55. The summed E-state index contributed by atoms with van der Waals surface area (Å²) in [5.41, 5.74) is 1.73. The topological polar surface area (TPSA) is 79.7 Å². The highest BCUT2D eigenvalue weighted by Crippen LogP contribution is 2.42. The molecule has 2 atom stereocenters. The highest BCUT2D eigenvalue weighted by atomic mass is 16.5. The summed E-state index contributed by atoms with van der Waals surface area (Å²) < 4.78 is 5.11. The van der Waals surface area contributed by atoms with Crippen LogP contribution in [0, 0.1) is 0 Å². The minimum atomic E-state index is -0.959. The van der Waals surface area contributed by atoms with E-state index in [0.717, 1.165) is 5.56 Å². The average molecular weight is 326 g/mol. The number of carbonyl (C=O) groups excluding carboxylic acids is 1. The normalized spacial score (nSPS) is 19.9. The van der Waals surface area contributed by atoms with E-state index in [2.05, 4.69) is 4.98 Å². The molecular weight excluding hydrogens is 308 g/mol. The molecule has 2 unspecified atom stereocenters. The van der Waals surface area contributed by atoms with Gasteiger partial charge in [-0.15, -0.1) is 0 Å². The summed E-state index contributed by atoms with van der Waals surface area (Å²) in [6.45, 7) is 0.655. The van der Waals surface area contributed by atoms with E-state index in [9.17, 15) is 14.7 Å². The van der Waals surface area contributed by atoms with Crippen molar-refractivity contribution < 1.29 is 19.4 Å². The van der Waals surface area contributed by atoms with Crippen LogP contribution in [0.2, 0.25) is 0 Å². The number of hydrogen-bond acceptors (Lipinski definition) is 4. The molecule has 6 heteroatoms. The molecule has 1 aliphatic rings. The van der Waals surface area contributed by atoms with Crippen molar-refractivity contribution in [2.24, 2.45) is 0 Å². The second kappa shape index (κ2) is 6.80. The van der Waals surface area contributed by atoms with Crippen LogP contribution in [0.25, 0.3) is 0 Å². The number of aliphatic carboxylic acids is 1. The predicted octanol–water partition coefficient (Wildman–Crippen LogP) is 2.09. The standard InChI is InChI=1S/C18H18N2O4/c1-24-11-10-20-16(12-6-8-19-9-7-12)15(18(22)23)13-4-2-3-5-14(13)17(20)21/h2-9,15-16H,10-11H2,1H3,(H,22,23). The summed E-state index contributed by atoms with van der Waals surface area (Å²) >= 11 is 0. The molecule has 2 aromatic rings.